The molecule has 0 aromatic rings. The van der Waals surface area contributed by atoms with Gasteiger partial charge >= 0.3 is 0 Å². The molecule has 0 bridgehead atoms. The second-order valence-corrected chi connectivity index (χ2v) is 4.64. The molecule has 1 aliphatic carbocycles. The quantitative estimate of drug-likeness (QED) is 0.779. The Hall–Kier alpha value is -0.160. The van der Waals surface area contributed by atoms with Crippen molar-refractivity contribution in [3.05, 3.63) is 0 Å². The first-order chi connectivity index (χ1) is 7.90. The molecule has 0 radical (unpaired) electrons. The Kier molecular flexibility index (Phi) is 5.03. The Labute approximate surface area is 97.6 Å². The van der Waals surface area contributed by atoms with Gasteiger partial charge in [-0.1, -0.05) is 12.8 Å². The van der Waals surface area contributed by atoms with Crippen molar-refractivity contribution in [3.63, 3.8) is 0 Å². The Balaban J connectivity index is 1.70. The molecule has 1 heterocycles. The highest BCUT2D eigenvalue weighted by Gasteiger charge is 2.25. The van der Waals surface area contributed by atoms with Crippen LogP contribution in [0, 0.1) is 0 Å². The average molecular weight is 229 g/mol. The molecule has 0 aromatic heterocycles. The maximum Gasteiger partial charge on any atom is 0.0933 e. The predicted octanol–water partition coefficient (Wildman–Crippen LogP) is 0.949. The molecule has 2 aliphatic rings. The summed E-state index contributed by atoms with van der Waals surface area (Å²) in [7, 11) is 1.81. The van der Waals surface area contributed by atoms with E-state index >= 15 is 0 Å². The summed E-state index contributed by atoms with van der Waals surface area (Å²) >= 11 is 0. The van der Waals surface area contributed by atoms with Crippen LogP contribution in [0.2, 0.25) is 0 Å². The molecule has 1 saturated carbocycles. The fourth-order valence-electron chi connectivity index (χ4n) is 2.55. The summed E-state index contributed by atoms with van der Waals surface area (Å²) in [6.45, 7) is 3.06. The van der Waals surface area contributed by atoms with Crippen LogP contribution in [0.15, 0.2) is 0 Å². The van der Waals surface area contributed by atoms with Gasteiger partial charge in [0.05, 0.1) is 32.0 Å². The number of hydrogen-bond donors (Lipinski definition) is 1. The van der Waals surface area contributed by atoms with Gasteiger partial charge in [0, 0.05) is 19.7 Å². The first-order valence-corrected chi connectivity index (χ1v) is 6.35. The van der Waals surface area contributed by atoms with Gasteiger partial charge in [-0.3, -0.25) is 0 Å². The molecule has 2 fully saturated rings. The predicted molar refractivity (Wildman–Crippen MR) is 61.6 cm³/mol. The molecular formula is C12H23NO3. The zero-order valence-electron chi connectivity index (χ0n) is 10.1. The average Bonchev–Trinajstić information content (AvgIpc) is 2.38. The molecular weight excluding hydrogens is 206 g/mol. The number of ether oxygens (including phenoxy) is 3. The molecule has 16 heavy (non-hydrogen) atoms. The van der Waals surface area contributed by atoms with Crippen molar-refractivity contribution >= 4 is 0 Å². The smallest absolute Gasteiger partial charge is 0.0933 e. The number of rotatable bonds is 4. The van der Waals surface area contributed by atoms with Gasteiger partial charge in [-0.15, -0.1) is 0 Å². The fourth-order valence-corrected chi connectivity index (χ4v) is 2.55. The normalized spacial score (nSPS) is 36.2. The molecule has 0 spiro atoms. The standard InChI is InChI=1S/C12H23NO3/c1-14-12-5-3-2-4-11(12)13-8-10-9-15-6-7-16-10/h10-13H,2-9H2,1H3. The van der Waals surface area contributed by atoms with Crippen LogP contribution in [-0.4, -0.2) is 51.7 Å². The largest absolute Gasteiger partial charge is 0.380 e. The second kappa shape index (κ2) is 6.55. The highest BCUT2D eigenvalue weighted by atomic mass is 16.6. The number of hydrogen-bond acceptors (Lipinski definition) is 4. The van der Waals surface area contributed by atoms with Crippen molar-refractivity contribution in [2.45, 2.75) is 43.9 Å². The summed E-state index contributed by atoms with van der Waals surface area (Å²) in [5.74, 6) is 0. The van der Waals surface area contributed by atoms with Gasteiger partial charge in [0.15, 0.2) is 0 Å². The zero-order chi connectivity index (χ0) is 11.2. The van der Waals surface area contributed by atoms with Crippen LogP contribution in [0.1, 0.15) is 25.7 Å². The highest BCUT2D eigenvalue weighted by Crippen LogP contribution is 2.20. The van der Waals surface area contributed by atoms with Crippen molar-refractivity contribution in [2.75, 3.05) is 33.5 Å². The Morgan fingerprint density at radius 2 is 2.12 bits per heavy atom. The van der Waals surface area contributed by atoms with E-state index in [-0.39, 0.29) is 6.10 Å². The molecule has 1 saturated heterocycles. The summed E-state index contributed by atoms with van der Waals surface area (Å²) in [4.78, 5) is 0. The lowest BCUT2D eigenvalue weighted by Crippen LogP contribution is -2.48. The molecule has 4 nitrogen and oxygen atoms in total. The van der Waals surface area contributed by atoms with E-state index in [0.29, 0.717) is 12.1 Å². The Bertz CT molecular complexity index is 195. The van der Waals surface area contributed by atoms with Gasteiger partial charge in [0.1, 0.15) is 0 Å². The topological polar surface area (TPSA) is 39.7 Å². The molecule has 4 heteroatoms. The minimum absolute atomic E-state index is 0.216. The van der Waals surface area contributed by atoms with Crippen molar-refractivity contribution < 1.29 is 14.2 Å². The van der Waals surface area contributed by atoms with Gasteiger partial charge in [-0.05, 0) is 12.8 Å². The van der Waals surface area contributed by atoms with Gasteiger partial charge < -0.3 is 19.5 Å². The third-order valence-corrected chi connectivity index (χ3v) is 3.50. The van der Waals surface area contributed by atoms with Crippen LogP contribution in [0.4, 0.5) is 0 Å². The van der Waals surface area contributed by atoms with Crippen LogP contribution in [0.5, 0.6) is 0 Å². The van der Waals surface area contributed by atoms with E-state index < -0.39 is 0 Å². The third kappa shape index (κ3) is 3.42. The van der Waals surface area contributed by atoms with E-state index in [1.807, 2.05) is 7.11 Å². The van der Waals surface area contributed by atoms with Crippen LogP contribution < -0.4 is 5.32 Å². The molecule has 3 unspecified atom stereocenters. The fraction of sp³-hybridized carbons (Fsp3) is 1.00. The second-order valence-electron chi connectivity index (χ2n) is 4.64. The number of methoxy groups -OCH3 is 1. The summed E-state index contributed by atoms with van der Waals surface area (Å²) in [5.41, 5.74) is 0. The summed E-state index contributed by atoms with van der Waals surface area (Å²) < 4.78 is 16.5. The lowest BCUT2D eigenvalue weighted by molar-refractivity contribution is -0.0890. The van der Waals surface area contributed by atoms with Gasteiger partial charge in [0.2, 0.25) is 0 Å². The van der Waals surface area contributed by atoms with Crippen molar-refractivity contribution in [1.29, 1.82) is 0 Å². The minimum Gasteiger partial charge on any atom is -0.380 e. The highest BCUT2D eigenvalue weighted by molar-refractivity contribution is 4.82. The molecule has 1 N–H and O–H groups in total. The summed E-state index contributed by atoms with van der Waals surface area (Å²) in [6, 6.07) is 0.490. The Morgan fingerprint density at radius 1 is 1.25 bits per heavy atom. The van der Waals surface area contributed by atoms with E-state index in [9.17, 15) is 0 Å². The van der Waals surface area contributed by atoms with E-state index in [4.69, 9.17) is 14.2 Å². The van der Waals surface area contributed by atoms with Crippen LogP contribution in [0.25, 0.3) is 0 Å². The lowest BCUT2D eigenvalue weighted by atomic mass is 9.92. The van der Waals surface area contributed by atoms with E-state index in [1.54, 1.807) is 0 Å². The molecule has 0 aromatic carbocycles. The van der Waals surface area contributed by atoms with Crippen LogP contribution in [-0.2, 0) is 14.2 Å². The van der Waals surface area contributed by atoms with Crippen molar-refractivity contribution in [1.82, 2.24) is 5.32 Å². The summed E-state index contributed by atoms with van der Waals surface area (Å²) in [6.07, 6.45) is 5.58. The lowest BCUT2D eigenvalue weighted by Gasteiger charge is -2.33. The van der Waals surface area contributed by atoms with Gasteiger partial charge in [0.25, 0.3) is 0 Å². The van der Waals surface area contributed by atoms with Crippen LogP contribution >= 0.6 is 0 Å². The first kappa shape index (κ1) is 12.3. The SMILES string of the molecule is COC1CCCCC1NCC1COCCO1. The van der Waals surface area contributed by atoms with E-state index in [0.717, 1.165) is 26.4 Å². The maximum absolute atomic E-state index is 5.61. The maximum atomic E-state index is 5.61. The minimum atomic E-state index is 0.216. The van der Waals surface area contributed by atoms with Crippen LogP contribution in [0.3, 0.4) is 0 Å². The molecule has 2 rings (SSSR count). The van der Waals surface area contributed by atoms with Crippen molar-refractivity contribution in [2.24, 2.45) is 0 Å². The van der Waals surface area contributed by atoms with Gasteiger partial charge in [-0.2, -0.15) is 0 Å². The molecule has 0 amide bonds. The molecule has 3 atom stereocenters. The van der Waals surface area contributed by atoms with Crippen molar-refractivity contribution in [3.8, 4) is 0 Å². The Morgan fingerprint density at radius 3 is 2.88 bits per heavy atom. The van der Waals surface area contributed by atoms with E-state index in [2.05, 4.69) is 5.32 Å². The molecule has 94 valence electrons. The summed E-state index contributed by atoms with van der Waals surface area (Å²) in [5, 5.41) is 3.56. The monoisotopic (exact) mass is 229 g/mol. The first-order valence-electron chi connectivity index (χ1n) is 6.35. The number of nitrogens with one attached hydrogen (secondary N) is 1. The third-order valence-electron chi connectivity index (χ3n) is 3.50. The van der Waals surface area contributed by atoms with E-state index in [1.165, 1.54) is 25.7 Å². The zero-order valence-corrected chi connectivity index (χ0v) is 10.1. The van der Waals surface area contributed by atoms with Gasteiger partial charge in [-0.25, -0.2) is 0 Å². The molecule has 1 aliphatic heterocycles.